The number of fused-ring (bicyclic) bond motifs is 1. The van der Waals surface area contributed by atoms with E-state index >= 15 is 0 Å². The molecule has 2 bridgehead atoms. The van der Waals surface area contributed by atoms with Crippen LogP contribution in [0.3, 0.4) is 0 Å². The molecule has 3 saturated carbocycles. The number of ether oxygens (including phenoxy) is 1. The SMILES string of the molecule is CC(=O)C1CCCC23CC(CC12)C(C)(C)C3OC=O. The molecule has 0 N–H and O–H groups in total. The summed E-state index contributed by atoms with van der Waals surface area (Å²) in [5.74, 6) is 1.58. The van der Waals surface area contributed by atoms with E-state index in [1.807, 2.05) is 0 Å². The molecule has 3 heteroatoms. The number of carbonyl (C=O) groups is 2. The maximum absolute atomic E-state index is 11.9. The summed E-state index contributed by atoms with van der Waals surface area (Å²) in [6.45, 7) is 6.81. The summed E-state index contributed by atoms with van der Waals surface area (Å²) in [6, 6.07) is 0. The maximum Gasteiger partial charge on any atom is 0.293 e. The van der Waals surface area contributed by atoms with Crippen LogP contribution < -0.4 is 0 Å². The minimum Gasteiger partial charge on any atom is -0.463 e. The van der Waals surface area contributed by atoms with Crippen LogP contribution in [0.25, 0.3) is 0 Å². The van der Waals surface area contributed by atoms with Crippen molar-refractivity contribution in [3.63, 3.8) is 0 Å². The van der Waals surface area contributed by atoms with Crippen LogP contribution in [0.2, 0.25) is 0 Å². The number of Topliss-reactive ketones (excluding diaryl/α,β-unsaturated/α-hetero) is 1. The van der Waals surface area contributed by atoms with E-state index in [-0.39, 0.29) is 22.9 Å². The molecule has 0 radical (unpaired) electrons. The molecule has 0 aliphatic heterocycles. The van der Waals surface area contributed by atoms with Gasteiger partial charge in [0.25, 0.3) is 6.47 Å². The minimum atomic E-state index is 0.00315. The molecule has 0 saturated heterocycles. The quantitative estimate of drug-likeness (QED) is 0.736. The molecule has 5 unspecified atom stereocenters. The predicted molar refractivity (Wildman–Crippen MR) is 71.4 cm³/mol. The van der Waals surface area contributed by atoms with Gasteiger partial charge in [-0.3, -0.25) is 9.59 Å². The van der Waals surface area contributed by atoms with Crippen molar-refractivity contribution < 1.29 is 14.3 Å². The second kappa shape index (κ2) is 4.07. The van der Waals surface area contributed by atoms with Gasteiger partial charge in [0.1, 0.15) is 11.9 Å². The van der Waals surface area contributed by atoms with E-state index in [0.29, 0.717) is 24.1 Å². The predicted octanol–water partition coefficient (Wildman–Crippen LogP) is 2.97. The fourth-order valence-corrected chi connectivity index (χ4v) is 5.75. The largest absolute Gasteiger partial charge is 0.463 e. The Balaban J connectivity index is 1.99. The Morgan fingerprint density at radius 2 is 2.11 bits per heavy atom. The third-order valence-electron chi connectivity index (χ3n) is 6.51. The van der Waals surface area contributed by atoms with Gasteiger partial charge in [-0.1, -0.05) is 20.3 Å². The van der Waals surface area contributed by atoms with E-state index in [1.54, 1.807) is 6.92 Å². The van der Waals surface area contributed by atoms with Gasteiger partial charge in [0.15, 0.2) is 0 Å². The van der Waals surface area contributed by atoms with Gasteiger partial charge in [0, 0.05) is 16.7 Å². The van der Waals surface area contributed by atoms with E-state index in [9.17, 15) is 9.59 Å². The first kappa shape index (κ1) is 13.1. The molecule has 3 rings (SSSR count). The third-order valence-corrected chi connectivity index (χ3v) is 6.51. The molecule has 0 aromatic heterocycles. The van der Waals surface area contributed by atoms with Gasteiger partial charge >= 0.3 is 0 Å². The number of ketones is 1. The van der Waals surface area contributed by atoms with E-state index in [4.69, 9.17) is 4.74 Å². The zero-order valence-corrected chi connectivity index (χ0v) is 12.1. The van der Waals surface area contributed by atoms with Crippen molar-refractivity contribution in [2.75, 3.05) is 0 Å². The van der Waals surface area contributed by atoms with E-state index < -0.39 is 0 Å². The van der Waals surface area contributed by atoms with Gasteiger partial charge in [-0.2, -0.15) is 0 Å². The topological polar surface area (TPSA) is 43.4 Å². The molecule has 19 heavy (non-hydrogen) atoms. The van der Waals surface area contributed by atoms with Gasteiger partial charge in [-0.05, 0) is 44.4 Å². The van der Waals surface area contributed by atoms with Crippen LogP contribution in [0.4, 0.5) is 0 Å². The highest BCUT2D eigenvalue weighted by molar-refractivity contribution is 5.79. The highest BCUT2D eigenvalue weighted by Gasteiger charge is 2.69. The Morgan fingerprint density at radius 3 is 2.74 bits per heavy atom. The highest BCUT2D eigenvalue weighted by Crippen LogP contribution is 2.71. The molecule has 3 aliphatic rings. The monoisotopic (exact) mass is 264 g/mol. The van der Waals surface area contributed by atoms with Crippen molar-refractivity contribution in [1.29, 1.82) is 0 Å². The second-order valence-corrected chi connectivity index (χ2v) is 7.52. The number of hydrogen-bond donors (Lipinski definition) is 0. The van der Waals surface area contributed by atoms with E-state index in [0.717, 1.165) is 32.1 Å². The Kier molecular flexibility index (Phi) is 2.81. The summed E-state index contributed by atoms with van der Waals surface area (Å²) in [4.78, 5) is 22.9. The molecule has 3 aliphatic carbocycles. The van der Waals surface area contributed by atoms with Crippen molar-refractivity contribution in [2.24, 2.45) is 28.6 Å². The van der Waals surface area contributed by atoms with Gasteiger partial charge in [0.2, 0.25) is 0 Å². The van der Waals surface area contributed by atoms with Crippen molar-refractivity contribution in [3.05, 3.63) is 0 Å². The van der Waals surface area contributed by atoms with Crippen molar-refractivity contribution in [3.8, 4) is 0 Å². The zero-order chi connectivity index (χ0) is 13.8. The Morgan fingerprint density at radius 1 is 1.37 bits per heavy atom. The molecule has 0 aromatic rings. The van der Waals surface area contributed by atoms with E-state index in [1.165, 1.54) is 0 Å². The maximum atomic E-state index is 11.9. The fraction of sp³-hybridized carbons (Fsp3) is 0.875. The summed E-state index contributed by atoms with van der Waals surface area (Å²) >= 11 is 0. The molecular weight excluding hydrogens is 240 g/mol. The van der Waals surface area contributed by atoms with Crippen LogP contribution >= 0.6 is 0 Å². The molecule has 3 fully saturated rings. The lowest BCUT2D eigenvalue weighted by molar-refractivity contribution is -0.163. The van der Waals surface area contributed by atoms with Gasteiger partial charge in [-0.25, -0.2) is 0 Å². The minimum absolute atomic E-state index is 0.00315. The molecule has 5 atom stereocenters. The normalized spacial score (nSPS) is 46.7. The van der Waals surface area contributed by atoms with Gasteiger partial charge < -0.3 is 4.74 Å². The average Bonchev–Trinajstić information content (AvgIpc) is 2.82. The van der Waals surface area contributed by atoms with Gasteiger partial charge in [0.05, 0.1) is 0 Å². The first-order chi connectivity index (χ1) is 8.93. The van der Waals surface area contributed by atoms with Crippen LogP contribution in [-0.4, -0.2) is 18.4 Å². The van der Waals surface area contributed by atoms with Crippen LogP contribution in [0, 0.1) is 28.6 Å². The fourth-order valence-electron chi connectivity index (χ4n) is 5.75. The Labute approximate surface area is 115 Å². The van der Waals surface area contributed by atoms with Crippen molar-refractivity contribution in [1.82, 2.24) is 0 Å². The molecule has 0 amide bonds. The highest BCUT2D eigenvalue weighted by atomic mass is 16.5. The zero-order valence-electron chi connectivity index (χ0n) is 12.1. The van der Waals surface area contributed by atoms with Crippen LogP contribution in [0.15, 0.2) is 0 Å². The first-order valence-electron chi connectivity index (χ1n) is 7.53. The Hall–Kier alpha value is -0.860. The summed E-state index contributed by atoms with van der Waals surface area (Å²) in [7, 11) is 0. The second-order valence-electron chi connectivity index (χ2n) is 7.52. The van der Waals surface area contributed by atoms with Crippen molar-refractivity contribution in [2.45, 2.75) is 59.0 Å². The first-order valence-corrected chi connectivity index (χ1v) is 7.53. The average molecular weight is 264 g/mol. The number of rotatable bonds is 3. The third kappa shape index (κ3) is 1.56. The lowest BCUT2D eigenvalue weighted by Gasteiger charge is -2.51. The summed E-state index contributed by atoms with van der Waals surface area (Å²) < 4.78 is 5.55. The smallest absolute Gasteiger partial charge is 0.293 e. The molecule has 1 spiro atoms. The Bertz CT molecular complexity index is 414. The molecule has 106 valence electrons. The van der Waals surface area contributed by atoms with Crippen LogP contribution in [0.5, 0.6) is 0 Å². The van der Waals surface area contributed by atoms with Crippen molar-refractivity contribution >= 4 is 12.3 Å². The molecule has 0 heterocycles. The molecular formula is C16H24O3. The standard InChI is InChI=1S/C16H24O3/c1-10(18)12-5-4-6-16-8-11(7-13(12)16)15(2,3)14(16)19-9-17/h9,11-14H,4-8H2,1-3H3. The van der Waals surface area contributed by atoms with Crippen LogP contribution in [-0.2, 0) is 14.3 Å². The van der Waals surface area contributed by atoms with E-state index in [2.05, 4.69) is 13.8 Å². The molecule has 3 nitrogen and oxygen atoms in total. The summed E-state index contributed by atoms with van der Waals surface area (Å²) in [6.07, 6.45) is 5.55. The van der Waals surface area contributed by atoms with Crippen LogP contribution in [0.1, 0.15) is 52.9 Å². The lowest BCUT2D eigenvalue weighted by Crippen LogP contribution is -2.52. The summed E-state index contributed by atoms with van der Waals surface area (Å²) in [5, 5.41) is 0. The lowest BCUT2D eigenvalue weighted by atomic mass is 9.55. The number of hydrogen-bond acceptors (Lipinski definition) is 3. The number of carbonyl (C=O) groups excluding carboxylic acids is 2. The molecule has 0 aromatic carbocycles. The van der Waals surface area contributed by atoms with Gasteiger partial charge in [-0.15, -0.1) is 0 Å². The summed E-state index contributed by atoms with van der Waals surface area (Å²) in [5.41, 5.74) is 0.153.